The topological polar surface area (TPSA) is 53.1 Å². The summed E-state index contributed by atoms with van der Waals surface area (Å²) in [6, 6.07) is 5.63. The molecular formula is C16H22ClN3O. The van der Waals surface area contributed by atoms with Crippen molar-refractivity contribution in [3.05, 3.63) is 47.0 Å². The van der Waals surface area contributed by atoms with Crippen molar-refractivity contribution in [3.8, 4) is 5.75 Å². The van der Waals surface area contributed by atoms with E-state index in [-0.39, 0.29) is 6.04 Å². The first kappa shape index (κ1) is 15.9. The Morgan fingerprint density at radius 2 is 2.14 bits per heavy atom. The summed E-state index contributed by atoms with van der Waals surface area (Å²) >= 11 is 6.30. The second kappa shape index (κ2) is 6.96. The van der Waals surface area contributed by atoms with Gasteiger partial charge in [0.2, 0.25) is 0 Å². The number of methoxy groups -OCH3 is 1. The second-order valence-corrected chi connectivity index (χ2v) is 6.01. The lowest BCUT2D eigenvalue weighted by molar-refractivity contribution is 0.407. The van der Waals surface area contributed by atoms with Crippen LogP contribution in [0.5, 0.6) is 5.75 Å². The molecule has 2 rings (SSSR count). The van der Waals surface area contributed by atoms with Crippen LogP contribution in [0.1, 0.15) is 37.6 Å². The number of nitrogens with two attached hydrogens (primary N) is 1. The van der Waals surface area contributed by atoms with E-state index in [1.54, 1.807) is 13.4 Å². The molecule has 0 fully saturated rings. The smallest absolute Gasteiger partial charge is 0.125 e. The fraction of sp³-hybridized carbons (Fsp3) is 0.438. The molecule has 0 saturated carbocycles. The molecule has 4 nitrogen and oxygen atoms in total. The molecule has 0 bridgehead atoms. The minimum Gasteiger partial charge on any atom is -0.496 e. The monoisotopic (exact) mass is 307 g/mol. The third-order valence-corrected chi connectivity index (χ3v) is 3.83. The average Bonchev–Trinajstić information content (AvgIpc) is 2.88. The molecule has 0 aliphatic rings. The van der Waals surface area contributed by atoms with Crippen LogP contribution in [0.2, 0.25) is 5.02 Å². The van der Waals surface area contributed by atoms with Crippen molar-refractivity contribution in [2.75, 3.05) is 7.11 Å². The van der Waals surface area contributed by atoms with Crippen LogP contribution in [0, 0.1) is 5.92 Å². The highest BCUT2D eigenvalue weighted by atomic mass is 35.5. The summed E-state index contributed by atoms with van der Waals surface area (Å²) in [7, 11) is 1.65. The van der Waals surface area contributed by atoms with E-state index < -0.39 is 0 Å². The molecule has 2 N–H and O–H groups in total. The Morgan fingerprint density at radius 1 is 1.38 bits per heavy atom. The lowest BCUT2D eigenvalue weighted by Gasteiger charge is -2.18. The number of imidazole rings is 1. The zero-order chi connectivity index (χ0) is 15.4. The van der Waals surface area contributed by atoms with Gasteiger partial charge in [-0.05, 0) is 24.5 Å². The summed E-state index contributed by atoms with van der Waals surface area (Å²) in [5.74, 6) is 1.32. The maximum Gasteiger partial charge on any atom is 0.125 e. The molecule has 0 amide bonds. The Bertz CT molecular complexity index is 595. The molecule has 0 aliphatic carbocycles. The Hall–Kier alpha value is -1.52. The summed E-state index contributed by atoms with van der Waals surface area (Å²) in [6.07, 6.45) is 4.54. The predicted molar refractivity (Wildman–Crippen MR) is 85.7 cm³/mol. The number of nitrogens with zero attached hydrogens (tertiary/aromatic N) is 2. The van der Waals surface area contributed by atoms with E-state index in [0.717, 1.165) is 23.4 Å². The van der Waals surface area contributed by atoms with Crippen LogP contribution in [0.3, 0.4) is 0 Å². The van der Waals surface area contributed by atoms with E-state index in [0.29, 0.717) is 17.5 Å². The number of hydrogen-bond donors (Lipinski definition) is 1. The van der Waals surface area contributed by atoms with E-state index >= 15 is 0 Å². The Kier molecular flexibility index (Phi) is 5.26. The molecule has 0 radical (unpaired) electrons. The van der Waals surface area contributed by atoms with Gasteiger partial charge in [0.15, 0.2) is 0 Å². The highest BCUT2D eigenvalue weighted by Gasteiger charge is 2.15. The molecular weight excluding hydrogens is 286 g/mol. The van der Waals surface area contributed by atoms with Gasteiger partial charge in [-0.15, -0.1) is 0 Å². The standard InChI is InChI=1S/C16H22ClN3O/c1-11(2)7-14(18)15-8-19-10-20(15)9-12-13(17)5-4-6-16(12)21-3/h4-6,8,10-11,14H,7,9,18H2,1-3H3. The first-order chi connectivity index (χ1) is 10.0. The minimum atomic E-state index is -0.0269. The lowest BCUT2D eigenvalue weighted by atomic mass is 10.0. The predicted octanol–water partition coefficient (Wildman–Crippen LogP) is 3.64. The van der Waals surface area contributed by atoms with Crippen LogP contribution in [-0.4, -0.2) is 16.7 Å². The van der Waals surface area contributed by atoms with Crippen molar-refractivity contribution in [2.45, 2.75) is 32.9 Å². The zero-order valence-corrected chi connectivity index (χ0v) is 13.5. The van der Waals surface area contributed by atoms with Crippen LogP contribution < -0.4 is 10.5 Å². The normalized spacial score (nSPS) is 12.7. The van der Waals surface area contributed by atoms with Gasteiger partial charge in [0.25, 0.3) is 0 Å². The molecule has 0 aliphatic heterocycles. The van der Waals surface area contributed by atoms with Crippen molar-refractivity contribution in [1.29, 1.82) is 0 Å². The van der Waals surface area contributed by atoms with Gasteiger partial charge in [0.05, 0.1) is 25.7 Å². The van der Waals surface area contributed by atoms with E-state index in [4.69, 9.17) is 22.1 Å². The molecule has 21 heavy (non-hydrogen) atoms. The van der Waals surface area contributed by atoms with Gasteiger partial charge in [0.1, 0.15) is 5.75 Å². The molecule has 5 heteroatoms. The Balaban J connectivity index is 2.27. The highest BCUT2D eigenvalue weighted by molar-refractivity contribution is 6.31. The summed E-state index contributed by atoms with van der Waals surface area (Å²) in [4.78, 5) is 4.23. The number of hydrogen-bond acceptors (Lipinski definition) is 3. The van der Waals surface area contributed by atoms with Crippen LogP contribution in [0.15, 0.2) is 30.7 Å². The van der Waals surface area contributed by atoms with Gasteiger partial charge in [-0.25, -0.2) is 4.98 Å². The number of halogens is 1. The minimum absolute atomic E-state index is 0.0269. The first-order valence-electron chi connectivity index (χ1n) is 7.10. The zero-order valence-electron chi connectivity index (χ0n) is 12.7. The maximum absolute atomic E-state index is 6.30. The quantitative estimate of drug-likeness (QED) is 0.886. The molecule has 114 valence electrons. The number of benzene rings is 1. The van der Waals surface area contributed by atoms with Gasteiger partial charge < -0.3 is 15.0 Å². The molecule has 1 aromatic carbocycles. The van der Waals surface area contributed by atoms with Gasteiger partial charge >= 0.3 is 0 Å². The summed E-state index contributed by atoms with van der Waals surface area (Å²) in [6.45, 7) is 4.93. The Labute approximate surface area is 130 Å². The van der Waals surface area contributed by atoms with Crippen molar-refractivity contribution in [3.63, 3.8) is 0 Å². The van der Waals surface area contributed by atoms with Gasteiger partial charge in [-0.3, -0.25) is 0 Å². The van der Waals surface area contributed by atoms with Crippen LogP contribution >= 0.6 is 11.6 Å². The van der Waals surface area contributed by atoms with Gasteiger partial charge in [-0.2, -0.15) is 0 Å². The van der Waals surface area contributed by atoms with E-state index in [2.05, 4.69) is 18.8 Å². The summed E-state index contributed by atoms with van der Waals surface area (Å²) < 4.78 is 7.43. The van der Waals surface area contributed by atoms with Crippen LogP contribution in [0.25, 0.3) is 0 Å². The average molecular weight is 308 g/mol. The molecule has 1 aromatic heterocycles. The highest BCUT2D eigenvalue weighted by Crippen LogP contribution is 2.28. The van der Waals surface area contributed by atoms with E-state index in [1.165, 1.54) is 0 Å². The van der Waals surface area contributed by atoms with Gasteiger partial charge in [0, 0.05) is 22.8 Å². The van der Waals surface area contributed by atoms with Crippen molar-refractivity contribution in [1.82, 2.24) is 9.55 Å². The first-order valence-corrected chi connectivity index (χ1v) is 7.47. The molecule has 0 spiro atoms. The molecule has 1 unspecified atom stereocenters. The van der Waals surface area contributed by atoms with Crippen LogP contribution in [-0.2, 0) is 6.54 Å². The third-order valence-electron chi connectivity index (χ3n) is 3.47. The maximum atomic E-state index is 6.30. The van der Waals surface area contributed by atoms with E-state index in [9.17, 15) is 0 Å². The second-order valence-electron chi connectivity index (χ2n) is 5.60. The molecule has 1 heterocycles. The fourth-order valence-corrected chi connectivity index (χ4v) is 2.68. The lowest BCUT2D eigenvalue weighted by Crippen LogP contribution is -2.17. The van der Waals surface area contributed by atoms with Crippen molar-refractivity contribution < 1.29 is 4.74 Å². The van der Waals surface area contributed by atoms with E-state index in [1.807, 2.05) is 29.0 Å². The fourth-order valence-electron chi connectivity index (χ4n) is 2.45. The molecule has 1 atom stereocenters. The van der Waals surface area contributed by atoms with Crippen molar-refractivity contribution >= 4 is 11.6 Å². The van der Waals surface area contributed by atoms with Crippen molar-refractivity contribution in [2.24, 2.45) is 11.7 Å². The molecule has 2 aromatic rings. The van der Waals surface area contributed by atoms with Crippen LogP contribution in [0.4, 0.5) is 0 Å². The SMILES string of the molecule is COc1cccc(Cl)c1Cn1cncc1C(N)CC(C)C. The summed E-state index contributed by atoms with van der Waals surface area (Å²) in [5, 5.41) is 0.687. The Morgan fingerprint density at radius 3 is 2.81 bits per heavy atom. The number of ether oxygens (including phenoxy) is 1. The largest absolute Gasteiger partial charge is 0.496 e. The number of rotatable bonds is 6. The molecule has 0 saturated heterocycles. The summed E-state index contributed by atoms with van der Waals surface area (Å²) in [5.41, 5.74) is 8.24. The third kappa shape index (κ3) is 3.77. The number of aromatic nitrogens is 2. The van der Waals surface area contributed by atoms with Gasteiger partial charge in [-0.1, -0.05) is 31.5 Å².